The van der Waals surface area contributed by atoms with Crippen LogP contribution in [-0.2, 0) is 11.3 Å². The van der Waals surface area contributed by atoms with E-state index < -0.39 is 4.92 Å². The number of carbonyl (C=O) groups is 1. The second-order valence-corrected chi connectivity index (χ2v) is 4.92. The first kappa shape index (κ1) is 17.9. The summed E-state index contributed by atoms with van der Waals surface area (Å²) >= 11 is 5.92. The van der Waals surface area contributed by atoms with E-state index in [2.05, 4.69) is 5.32 Å². The number of nitro benzene ring substituents is 1. The van der Waals surface area contributed by atoms with E-state index in [0.29, 0.717) is 0 Å². The van der Waals surface area contributed by atoms with Crippen LogP contribution < -0.4 is 22.3 Å². The van der Waals surface area contributed by atoms with Crippen LogP contribution in [0.1, 0.15) is 5.56 Å². The zero-order valence-corrected chi connectivity index (χ0v) is 13.1. The highest BCUT2D eigenvalue weighted by atomic mass is 35.5. The number of aromatic nitrogens is 1. The van der Waals surface area contributed by atoms with Crippen molar-refractivity contribution in [2.75, 3.05) is 5.32 Å². The Kier molecular flexibility index (Phi) is 6.27. The molecule has 1 aromatic heterocycles. The Bertz CT molecular complexity index is 690. The largest absolute Gasteiger partial charge is 1.00 e. The molecule has 0 spiro atoms. The lowest BCUT2D eigenvalue weighted by atomic mass is 10.2. The molecule has 8 heteroatoms. The predicted octanol–water partition coefficient (Wildman–Crippen LogP) is -0.513. The first-order valence-electron chi connectivity index (χ1n) is 6.15. The number of nitrogens with one attached hydrogen (secondary N) is 1. The van der Waals surface area contributed by atoms with Crippen molar-refractivity contribution < 1.29 is 26.7 Å². The number of amides is 1. The van der Waals surface area contributed by atoms with Crippen molar-refractivity contribution >= 4 is 28.9 Å². The minimum atomic E-state index is -0.541. The van der Waals surface area contributed by atoms with E-state index in [1.807, 2.05) is 19.1 Å². The maximum atomic E-state index is 11.9. The third kappa shape index (κ3) is 4.68. The molecule has 1 aromatic carbocycles. The molecule has 0 fully saturated rings. The molecule has 2 aromatic rings. The second kappa shape index (κ2) is 7.72. The van der Waals surface area contributed by atoms with Crippen molar-refractivity contribution in [3.05, 3.63) is 63.4 Å². The van der Waals surface area contributed by atoms with E-state index in [-0.39, 0.29) is 41.3 Å². The molecule has 6 nitrogen and oxygen atoms in total. The zero-order chi connectivity index (χ0) is 15.4. The van der Waals surface area contributed by atoms with Crippen LogP contribution >= 0.6 is 11.6 Å². The lowest BCUT2D eigenvalue weighted by Gasteiger charge is -2.05. The van der Waals surface area contributed by atoms with Gasteiger partial charge in [0, 0.05) is 24.3 Å². The molecule has 0 aliphatic carbocycles. The first-order chi connectivity index (χ1) is 9.95. The Hall–Kier alpha value is -2.18. The number of non-ortho nitro benzene ring substituents is 1. The van der Waals surface area contributed by atoms with Gasteiger partial charge in [0.1, 0.15) is 0 Å². The van der Waals surface area contributed by atoms with Crippen LogP contribution in [0.5, 0.6) is 0 Å². The van der Waals surface area contributed by atoms with Gasteiger partial charge in [0.2, 0.25) is 6.54 Å². The number of anilines is 1. The average Bonchev–Trinajstić information content (AvgIpc) is 2.43. The third-order valence-corrected chi connectivity index (χ3v) is 3.15. The molecule has 22 heavy (non-hydrogen) atoms. The van der Waals surface area contributed by atoms with Gasteiger partial charge in [-0.2, -0.15) is 4.57 Å². The Balaban J connectivity index is 0.00000242. The van der Waals surface area contributed by atoms with Gasteiger partial charge >= 0.3 is 0 Å². The maximum Gasteiger partial charge on any atom is 0.290 e. The molecular formula is C14H13Cl2N3O3. The highest BCUT2D eigenvalue weighted by Crippen LogP contribution is 2.26. The van der Waals surface area contributed by atoms with Crippen molar-refractivity contribution in [1.82, 2.24) is 0 Å². The SMILES string of the molecule is Cc1cc[n+](CC(=O)Nc2cc([N+](=O)[O-])ccc2Cl)cc1.[Cl-]. The van der Waals surface area contributed by atoms with Crippen LogP contribution in [-0.4, -0.2) is 10.8 Å². The summed E-state index contributed by atoms with van der Waals surface area (Å²) in [5.74, 6) is -0.314. The van der Waals surface area contributed by atoms with Gasteiger partial charge in [-0.15, -0.1) is 0 Å². The molecule has 1 amide bonds. The lowest BCUT2D eigenvalue weighted by molar-refractivity contribution is -0.684. The van der Waals surface area contributed by atoms with Crippen LogP contribution in [0.2, 0.25) is 5.02 Å². The van der Waals surface area contributed by atoms with E-state index in [1.165, 1.54) is 18.2 Å². The van der Waals surface area contributed by atoms with E-state index in [4.69, 9.17) is 11.6 Å². The van der Waals surface area contributed by atoms with Gasteiger partial charge in [-0.1, -0.05) is 11.6 Å². The number of halogens is 2. The fourth-order valence-electron chi connectivity index (χ4n) is 1.72. The zero-order valence-electron chi connectivity index (χ0n) is 11.6. The number of aryl methyl sites for hydroxylation is 1. The van der Waals surface area contributed by atoms with Gasteiger partial charge in [-0.25, -0.2) is 0 Å². The molecule has 0 aliphatic heterocycles. The van der Waals surface area contributed by atoms with Crippen LogP contribution in [0, 0.1) is 17.0 Å². The summed E-state index contributed by atoms with van der Waals surface area (Å²) in [5.41, 5.74) is 1.19. The molecule has 0 aliphatic rings. The maximum absolute atomic E-state index is 11.9. The number of benzene rings is 1. The number of carbonyl (C=O) groups excluding carboxylic acids is 1. The number of nitrogens with zero attached hydrogens (tertiary/aromatic N) is 2. The first-order valence-corrected chi connectivity index (χ1v) is 6.53. The van der Waals surface area contributed by atoms with E-state index in [9.17, 15) is 14.9 Å². The molecule has 2 rings (SSSR count). The molecule has 0 unspecified atom stereocenters. The molecule has 1 N–H and O–H groups in total. The number of rotatable bonds is 4. The molecule has 116 valence electrons. The minimum absolute atomic E-state index is 0. The summed E-state index contributed by atoms with van der Waals surface area (Å²) in [7, 11) is 0. The van der Waals surface area contributed by atoms with Gasteiger partial charge in [0.25, 0.3) is 11.6 Å². The number of hydrogen-bond acceptors (Lipinski definition) is 3. The van der Waals surface area contributed by atoms with Gasteiger partial charge in [-0.05, 0) is 18.6 Å². The van der Waals surface area contributed by atoms with Gasteiger partial charge in [0.15, 0.2) is 12.4 Å². The highest BCUT2D eigenvalue weighted by Gasteiger charge is 2.14. The Labute approximate surface area is 138 Å². The number of hydrogen-bond donors (Lipinski definition) is 1. The molecule has 0 saturated heterocycles. The summed E-state index contributed by atoms with van der Waals surface area (Å²) in [6.07, 6.45) is 3.56. The molecular weight excluding hydrogens is 329 g/mol. The fraction of sp³-hybridized carbons (Fsp3) is 0.143. The molecule has 0 bridgehead atoms. The van der Waals surface area contributed by atoms with E-state index in [1.54, 1.807) is 17.0 Å². The smallest absolute Gasteiger partial charge is 0.290 e. The molecule has 1 heterocycles. The van der Waals surface area contributed by atoms with Crippen molar-refractivity contribution in [3.63, 3.8) is 0 Å². The minimum Gasteiger partial charge on any atom is -1.00 e. The van der Waals surface area contributed by atoms with Crippen LogP contribution in [0.25, 0.3) is 0 Å². The van der Waals surface area contributed by atoms with E-state index >= 15 is 0 Å². The van der Waals surface area contributed by atoms with Gasteiger partial charge in [0.05, 0.1) is 15.6 Å². The predicted molar refractivity (Wildman–Crippen MR) is 78.1 cm³/mol. The van der Waals surface area contributed by atoms with Gasteiger partial charge in [-0.3, -0.25) is 14.9 Å². The average molecular weight is 342 g/mol. The van der Waals surface area contributed by atoms with Crippen molar-refractivity contribution in [2.24, 2.45) is 0 Å². The Morgan fingerprint density at radius 3 is 2.55 bits per heavy atom. The summed E-state index contributed by atoms with van der Waals surface area (Å²) in [6, 6.07) is 7.67. The van der Waals surface area contributed by atoms with Crippen molar-refractivity contribution in [1.29, 1.82) is 0 Å². The normalized spacial score (nSPS) is 9.73. The van der Waals surface area contributed by atoms with Crippen LogP contribution in [0.3, 0.4) is 0 Å². The summed E-state index contributed by atoms with van der Waals surface area (Å²) < 4.78 is 1.70. The number of nitro groups is 1. The van der Waals surface area contributed by atoms with Gasteiger partial charge < -0.3 is 17.7 Å². The van der Waals surface area contributed by atoms with Crippen LogP contribution in [0.15, 0.2) is 42.7 Å². The Morgan fingerprint density at radius 1 is 1.32 bits per heavy atom. The summed E-state index contributed by atoms with van der Waals surface area (Å²) in [5, 5.41) is 13.5. The fourth-order valence-corrected chi connectivity index (χ4v) is 1.88. The van der Waals surface area contributed by atoms with Crippen LogP contribution in [0.4, 0.5) is 11.4 Å². The summed E-state index contributed by atoms with van der Waals surface area (Å²) in [4.78, 5) is 22.1. The lowest BCUT2D eigenvalue weighted by Crippen LogP contribution is -3.00. The monoisotopic (exact) mass is 341 g/mol. The molecule has 0 radical (unpaired) electrons. The third-order valence-electron chi connectivity index (χ3n) is 2.82. The van der Waals surface area contributed by atoms with Crippen molar-refractivity contribution in [2.45, 2.75) is 13.5 Å². The topological polar surface area (TPSA) is 76.1 Å². The second-order valence-electron chi connectivity index (χ2n) is 4.52. The summed E-state index contributed by atoms with van der Waals surface area (Å²) in [6.45, 7) is 2.05. The quantitative estimate of drug-likeness (QED) is 0.462. The van der Waals surface area contributed by atoms with Crippen molar-refractivity contribution in [3.8, 4) is 0 Å². The molecule has 0 saturated carbocycles. The highest BCUT2D eigenvalue weighted by molar-refractivity contribution is 6.33. The van der Waals surface area contributed by atoms with E-state index in [0.717, 1.165) is 5.56 Å². The Morgan fingerprint density at radius 2 is 1.95 bits per heavy atom. The number of pyridine rings is 1. The molecule has 0 atom stereocenters. The standard InChI is InChI=1S/C14H12ClN3O3.ClH/c1-10-4-6-17(7-5-10)9-14(19)16-13-8-11(18(20)21)2-3-12(13)15;/h2-8H,9H2,1H3;1H.